The van der Waals surface area contributed by atoms with Crippen LogP contribution in [0.15, 0.2) is 65.6 Å². The van der Waals surface area contributed by atoms with Crippen LogP contribution in [0.5, 0.6) is 5.75 Å². The summed E-state index contributed by atoms with van der Waals surface area (Å²) in [6.45, 7) is 2.07. The van der Waals surface area contributed by atoms with E-state index in [4.69, 9.17) is 4.74 Å². The van der Waals surface area contributed by atoms with Crippen LogP contribution in [0.3, 0.4) is 0 Å². The molecule has 0 fully saturated rings. The third-order valence-electron chi connectivity index (χ3n) is 4.92. The van der Waals surface area contributed by atoms with Gasteiger partial charge < -0.3 is 10.1 Å². The second-order valence-electron chi connectivity index (χ2n) is 6.89. The maximum atomic E-state index is 13.2. The van der Waals surface area contributed by atoms with Crippen LogP contribution in [0.2, 0.25) is 0 Å². The fraction of sp³-hybridized carbons (Fsp3) is 0.318. The van der Waals surface area contributed by atoms with Crippen LogP contribution in [0.4, 0.5) is 11.4 Å². The van der Waals surface area contributed by atoms with Crippen molar-refractivity contribution in [3.05, 3.63) is 60.7 Å². The number of carbonyl (C=O) groups excluding carboxylic acids is 1. The summed E-state index contributed by atoms with van der Waals surface area (Å²) in [6.07, 6.45) is 6.44. The fourth-order valence-electron chi connectivity index (χ4n) is 3.46. The molecular formula is C22H26N2O4S. The summed E-state index contributed by atoms with van der Waals surface area (Å²) in [7, 11) is -2.31. The minimum absolute atomic E-state index is 0.0973. The number of sulfonamides is 1. The molecule has 154 valence electrons. The van der Waals surface area contributed by atoms with E-state index in [0.717, 1.165) is 12.8 Å². The van der Waals surface area contributed by atoms with Gasteiger partial charge in [-0.1, -0.05) is 30.4 Å². The molecule has 6 nitrogen and oxygen atoms in total. The molecule has 0 radical (unpaired) electrons. The van der Waals surface area contributed by atoms with Crippen LogP contribution in [-0.2, 0) is 14.8 Å². The number of hydrogen-bond donors (Lipinski definition) is 1. The van der Waals surface area contributed by atoms with Crippen LogP contribution in [0, 0.1) is 5.92 Å². The molecule has 1 aliphatic rings. The third kappa shape index (κ3) is 4.79. The first kappa shape index (κ1) is 20.9. The van der Waals surface area contributed by atoms with Gasteiger partial charge in [-0.3, -0.25) is 9.10 Å². The van der Waals surface area contributed by atoms with E-state index in [1.54, 1.807) is 37.3 Å². The molecule has 0 saturated heterocycles. The molecule has 2 aromatic carbocycles. The third-order valence-corrected chi connectivity index (χ3v) is 6.82. The summed E-state index contributed by atoms with van der Waals surface area (Å²) in [5, 5.41) is 2.82. The molecule has 1 amide bonds. The van der Waals surface area contributed by atoms with Crippen molar-refractivity contribution in [1.82, 2.24) is 0 Å². The second-order valence-corrected chi connectivity index (χ2v) is 8.75. The number of hydrogen-bond acceptors (Lipinski definition) is 4. The number of para-hydroxylation sites is 1. The lowest BCUT2D eigenvalue weighted by atomic mass is 10.1. The average molecular weight is 415 g/mol. The fourth-order valence-corrected chi connectivity index (χ4v) is 4.96. The van der Waals surface area contributed by atoms with Crippen LogP contribution >= 0.6 is 0 Å². The zero-order valence-corrected chi connectivity index (χ0v) is 17.5. The molecule has 1 atom stereocenters. The predicted octanol–water partition coefficient (Wildman–Crippen LogP) is 4.21. The summed E-state index contributed by atoms with van der Waals surface area (Å²) in [5.41, 5.74) is 0.939. The molecule has 0 saturated carbocycles. The topological polar surface area (TPSA) is 75.7 Å². The van der Waals surface area contributed by atoms with Crippen molar-refractivity contribution >= 4 is 27.3 Å². The van der Waals surface area contributed by atoms with Crippen molar-refractivity contribution < 1.29 is 17.9 Å². The van der Waals surface area contributed by atoms with Crippen molar-refractivity contribution in [1.29, 1.82) is 0 Å². The van der Waals surface area contributed by atoms with Gasteiger partial charge in [0.15, 0.2) is 0 Å². The highest BCUT2D eigenvalue weighted by molar-refractivity contribution is 7.92. The monoisotopic (exact) mass is 414 g/mol. The van der Waals surface area contributed by atoms with Gasteiger partial charge in [-0.05, 0) is 56.0 Å². The molecule has 0 spiro atoms. The Morgan fingerprint density at radius 2 is 1.97 bits per heavy atom. The number of methoxy groups -OCH3 is 1. The molecule has 0 aliphatic heterocycles. The Morgan fingerprint density at radius 3 is 2.59 bits per heavy atom. The minimum atomic E-state index is -3.79. The Kier molecular flexibility index (Phi) is 6.59. The van der Waals surface area contributed by atoms with Gasteiger partial charge in [0, 0.05) is 13.0 Å². The van der Waals surface area contributed by atoms with E-state index in [1.165, 1.54) is 23.5 Å². The Bertz CT molecular complexity index is 987. The number of allylic oxidation sites excluding steroid dienone is 2. The normalized spacial score (nSPS) is 15.9. The Labute approximate surface area is 172 Å². The lowest BCUT2D eigenvalue weighted by molar-refractivity contribution is -0.116. The first-order chi connectivity index (χ1) is 14.0. The first-order valence-electron chi connectivity index (χ1n) is 9.68. The highest BCUT2D eigenvalue weighted by Gasteiger charge is 2.25. The van der Waals surface area contributed by atoms with Gasteiger partial charge >= 0.3 is 0 Å². The van der Waals surface area contributed by atoms with Gasteiger partial charge in [0.25, 0.3) is 10.0 Å². The van der Waals surface area contributed by atoms with Gasteiger partial charge in [-0.25, -0.2) is 8.42 Å². The SMILES string of the molecule is CCN(c1ccccc1)S(=O)(=O)c1ccc(OC)c(NC(=O)C[C@H]2C=CCC2)c1. The van der Waals surface area contributed by atoms with E-state index in [9.17, 15) is 13.2 Å². The number of benzene rings is 2. The molecule has 0 bridgehead atoms. The van der Waals surface area contributed by atoms with Gasteiger partial charge in [-0.2, -0.15) is 0 Å². The zero-order chi connectivity index (χ0) is 20.9. The molecule has 7 heteroatoms. The van der Waals surface area contributed by atoms with Crippen molar-refractivity contribution in [2.75, 3.05) is 23.3 Å². The van der Waals surface area contributed by atoms with E-state index in [1.807, 2.05) is 6.07 Å². The first-order valence-corrected chi connectivity index (χ1v) is 11.1. The van der Waals surface area contributed by atoms with Gasteiger partial charge in [0.05, 0.1) is 23.4 Å². The Hall–Kier alpha value is -2.80. The van der Waals surface area contributed by atoms with E-state index < -0.39 is 10.0 Å². The molecule has 1 aliphatic carbocycles. The molecule has 0 aromatic heterocycles. The average Bonchev–Trinajstić information content (AvgIpc) is 3.22. The number of nitrogens with one attached hydrogen (secondary N) is 1. The van der Waals surface area contributed by atoms with Gasteiger partial charge in [-0.15, -0.1) is 0 Å². The number of anilines is 2. The highest BCUT2D eigenvalue weighted by atomic mass is 32.2. The number of nitrogens with zero attached hydrogens (tertiary/aromatic N) is 1. The molecule has 1 N–H and O–H groups in total. The van der Waals surface area contributed by atoms with Crippen molar-refractivity contribution in [2.24, 2.45) is 5.92 Å². The summed E-state index contributed by atoms with van der Waals surface area (Å²) in [5.74, 6) is 0.480. The predicted molar refractivity (Wildman–Crippen MR) is 115 cm³/mol. The lowest BCUT2D eigenvalue weighted by Crippen LogP contribution is -2.30. The van der Waals surface area contributed by atoms with E-state index in [-0.39, 0.29) is 23.3 Å². The standard InChI is InChI=1S/C22H26N2O4S/c1-3-24(18-11-5-4-6-12-18)29(26,27)19-13-14-21(28-2)20(16-19)23-22(25)15-17-9-7-8-10-17/h4-7,9,11-14,16-17H,3,8,10,15H2,1-2H3,(H,23,25)/t17-/m0/s1. The maximum Gasteiger partial charge on any atom is 0.264 e. The smallest absolute Gasteiger partial charge is 0.264 e. The zero-order valence-electron chi connectivity index (χ0n) is 16.7. The van der Waals surface area contributed by atoms with E-state index in [0.29, 0.717) is 23.5 Å². The summed E-state index contributed by atoms with van der Waals surface area (Å²) in [6, 6.07) is 13.5. The van der Waals surface area contributed by atoms with Gasteiger partial charge in [0.2, 0.25) is 5.91 Å². The quantitative estimate of drug-likeness (QED) is 0.657. The highest BCUT2D eigenvalue weighted by Crippen LogP contribution is 2.31. The number of rotatable bonds is 8. The summed E-state index contributed by atoms with van der Waals surface area (Å²) < 4.78 is 33.1. The summed E-state index contributed by atoms with van der Waals surface area (Å²) >= 11 is 0. The molecule has 3 rings (SSSR count). The van der Waals surface area contributed by atoms with Crippen LogP contribution < -0.4 is 14.4 Å². The Balaban J connectivity index is 1.88. The van der Waals surface area contributed by atoms with Crippen LogP contribution in [0.25, 0.3) is 0 Å². The molecule has 0 heterocycles. The second kappa shape index (κ2) is 9.13. The van der Waals surface area contributed by atoms with E-state index >= 15 is 0 Å². The van der Waals surface area contributed by atoms with Gasteiger partial charge in [0.1, 0.15) is 5.75 Å². The molecule has 29 heavy (non-hydrogen) atoms. The number of amides is 1. The number of ether oxygens (including phenoxy) is 1. The largest absolute Gasteiger partial charge is 0.495 e. The summed E-state index contributed by atoms with van der Waals surface area (Å²) in [4.78, 5) is 12.5. The molecule has 2 aromatic rings. The van der Waals surface area contributed by atoms with Crippen LogP contribution in [0.1, 0.15) is 26.2 Å². The molecular weight excluding hydrogens is 388 g/mol. The maximum absolute atomic E-state index is 13.2. The van der Waals surface area contributed by atoms with E-state index in [2.05, 4.69) is 17.5 Å². The number of carbonyl (C=O) groups is 1. The lowest BCUT2D eigenvalue weighted by Gasteiger charge is -2.23. The van der Waals surface area contributed by atoms with Crippen LogP contribution in [-0.4, -0.2) is 28.0 Å². The minimum Gasteiger partial charge on any atom is -0.495 e. The molecule has 0 unspecified atom stereocenters. The van der Waals surface area contributed by atoms with Crippen molar-refractivity contribution in [3.8, 4) is 5.75 Å². The van der Waals surface area contributed by atoms with Crippen molar-refractivity contribution in [3.63, 3.8) is 0 Å². The van der Waals surface area contributed by atoms with Crippen molar-refractivity contribution in [2.45, 2.75) is 31.1 Å². The Morgan fingerprint density at radius 1 is 1.21 bits per heavy atom.